The number of fused-ring (bicyclic) bond motifs is 1. The van der Waals surface area contributed by atoms with Crippen molar-refractivity contribution in [2.45, 2.75) is 26.3 Å². The summed E-state index contributed by atoms with van der Waals surface area (Å²) in [6.07, 6.45) is 5.02. The zero-order valence-electron chi connectivity index (χ0n) is 12.5. The first-order valence-electron chi connectivity index (χ1n) is 7.12. The van der Waals surface area contributed by atoms with Gasteiger partial charge in [-0.15, -0.1) is 0 Å². The third-order valence-corrected chi connectivity index (χ3v) is 3.92. The summed E-state index contributed by atoms with van der Waals surface area (Å²) in [6, 6.07) is 1.71. The number of amidine groups is 1. The number of carbonyl (C=O) groups is 1. The zero-order valence-corrected chi connectivity index (χ0v) is 12.5. The molecule has 7 heteroatoms. The summed E-state index contributed by atoms with van der Waals surface area (Å²) < 4.78 is 0. The number of Topliss-reactive ketones (excluding diaryl/α,β-unsaturated/α-hetero) is 1. The van der Waals surface area contributed by atoms with Crippen LogP contribution in [0.2, 0.25) is 0 Å². The molecule has 2 aliphatic heterocycles. The molecule has 0 radical (unpaired) electrons. The molecule has 3 rings (SSSR count). The minimum Gasteiger partial charge on any atom is -0.397 e. The van der Waals surface area contributed by atoms with Gasteiger partial charge in [-0.3, -0.25) is 14.8 Å². The van der Waals surface area contributed by atoms with E-state index in [4.69, 9.17) is 11.5 Å². The van der Waals surface area contributed by atoms with E-state index < -0.39 is 0 Å². The van der Waals surface area contributed by atoms with Gasteiger partial charge >= 0.3 is 0 Å². The van der Waals surface area contributed by atoms with Gasteiger partial charge in [0.15, 0.2) is 11.6 Å². The molecule has 0 amide bonds. The van der Waals surface area contributed by atoms with E-state index in [0.717, 1.165) is 0 Å². The Bertz CT molecular complexity index is 718. The normalized spacial score (nSPS) is 20.4. The molecule has 114 valence electrons. The van der Waals surface area contributed by atoms with Gasteiger partial charge in [0.1, 0.15) is 12.0 Å². The quantitative estimate of drug-likeness (QED) is 0.813. The number of anilines is 1. The van der Waals surface area contributed by atoms with E-state index in [1.165, 1.54) is 18.7 Å². The second-order valence-corrected chi connectivity index (χ2v) is 5.77. The van der Waals surface area contributed by atoms with Gasteiger partial charge in [-0.25, -0.2) is 4.99 Å². The number of rotatable bonds is 3. The van der Waals surface area contributed by atoms with Gasteiger partial charge in [-0.2, -0.15) is 5.10 Å². The van der Waals surface area contributed by atoms with E-state index in [2.05, 4.69) is 28.9 Å². The Morgan fingerprint density at radius 1 is 1.36 bits per heavy atom. The number of nitrogens with two attached hydrogens (primary N) is 2. The molecule has 7 nitrogen and oxygen atoms in total. The Hall–Kier alpha value is -2.70. The van der Waals surface area contributed by atoms with Crippen LogP contribution in [0.4, 0.5) is 5.69 Å². The van der Waals surface area contributed by atoms with Gasteiger partial charge in [-0.05, 0) is 12.0 Å². The predicted molar refractivity (Wildman–Crippen MR) is 85.2 cm³/mol. The molecule has 0 bridgehead atoms. The summed E-state index contributed by atoms with van der Waals surface area (Å²) in [5, 5.41) is 6.08. The van der Waals surface area contributed by atoms with Crippen molar-refractivity contribution in [1.82, 2.24) is 9.99 Å². The Kier molecular flexibility index (Phi) is 3.40. The lowest BCUT2D eigenvalue weighted by Gasteiger charge is -2.28. The van der Waals surface area contributed by atoms with Crippen LogP contribution >= 0.6 is 0 Å². The first kappa shape index (κ1) is 14.2. The van der Waals surface area contributed by atoms with Gasteiger partial charge < -0.3 is 11.5 Å². The standard InChI is InChI=1S/C15H18N6O/c1-8(2)12-4-11(13-15(17)19-7-20-21(12)13)14(22)9-3-10(16)6-18-5-9/h3,5-8,12H,4,16H2,1-2H3,(H2,17,19,20). The lowest BCUT2D eigenvalue weighted by Crippen LogP contribution is -2.36. The van der Waals surface area contributed by atoms with Crippen molar-refractivity contribution in [3.05, 3.63) is 35.3 Å². The fourth-order valence-electron chi connectivity index (χ4n) is 2.79. The molecule has 0 spiro atoms. The topological polar surface area (TPSA) is 110 Å². The minimum atomic E-state index is -0.127. The van der Waals surface area contributed by atoms with Gasteiger partial charge in [-0.1, -0.05) is 13.8 Å². The summed E-state index contributed by atoms with van der Waals surface area (Å²) in [5.41, 5.74) is 13.8. The molecule has 1 aromatic heterocycles. The highest BCUT2D eigenvalue weighted by atomic mass is 16.1. The number of aliphatic imine (C=N–C) groups is 1. The van der Waals surface area contributed by atoms with Crippen molar-refractivity contribution in [2.24, 2.45) is 21.7 Å². The SMILES string of the molecule is CC(C)C1CC(C(=O)c2cncc(N)c2)=C2C(N)=NC=NN21. The molecule has 1 unspecified atom stereocenters. The number of nitrogen functional groups attached to an aromatic ring is 1. The van der Waals surface area contributed by atoms with E-state index in [9.17, 15) is 4.79 Å². The maximum Gasteiger partial charge on any atom is 0.192 e. The van der Waals surface area contributed by atoms with Gasteiger partial charge in [0.25, 0.3) is 0 Å². The number of ketones is 1. The molecular weight excluding hydrogens is 280 g/mol. The van der Waals surface area contributed by atoms with Crippen LogP contribution in [-0.4, -0.2) is 34.0 Å². The number of hydrogen-bond donors (Lipinski definition) is 2. The Balaban J connectivity index is 2.05. The van der Waals surface area contributed by atoms with Crippen molar-refractivity contribution >= 4 is 23.6 Å². The maximum absolute atomic E-state index is 12.8. The van der Waals surface area contributed by atoms with Crippen LogP contribution in [0.15, 0.2) is 39.8 Å². The van der Waals surface area contributed by atoms with Crippen molar-refractivity contribution in [3.8, 4) is 0 Å². The molecule has 22 heavy (non-hydrogen) atoms. The van der Waals surface area contributed by atoms with Crippen LogP contribution in [-0.2, 0) is 0 Å². The second kappa shape index (κ2) is 5.25. The van der Waals surface area contributed by atoms with Gasteiger partial charge in [0.2, 0.25) is 0 Å². The second-order valence-electron chi connectivity index (χ2n) is 5.77. The van der Waals surface area contributed by atoms with E-state index in [1.807, 2.05) is 0 Å². The summed E-state index contributed by atoms with van der Waals surface area (Å²) in [7, 11) is 0. The van der Waals surface area contributed by atoms with E-state index in [0.29, 0.717) is 40.7 Å². The predicted octanol–water partition coefficient (Wildman–Crippen LogP) is 1.15. The van der Waals surface area contributed by atoms with E-state index in [1.54, 1.807) is 11.1 Å². The van der Waals surface area contributed by atoms with Crippen LogP contribution in [0, 0.1) is 5.92 Å². The van der Waals surface area contributed by atoms with E-state index in [-0.39, 0.29) is 11.8 Å². The maximum atomic E-state index is 12.8. The molecule has 1 aromatic rings. The fourth-order valence-corrected chi connectivity index (χ4v) is 2.79. The largest absolute Gasteiger partial charge is 0.397 e. The number of pyridine rings is 1. The molecule has 0 aromatic carbocycles. The Labute approximate surface area is 128 Å². The summed E-state index contributed by atoms with van der Waals surface area (Å²) in [5.74, 6) is 0.513. The van der Waals surface area contributed by atoms with Crippen LogP contribution in [0.5, 0.6) is 0 Å². The minimum absolute atomic E-state index is 0.0910. The first-order valence-corrected chi connectivity index (χ1v) is 7.12. The molecular formula is C15H18N6O. The van der Waals surface area contributed by atoms with Crippen LogP contribution in [0.3, 0.4) is 0 Å². The van der Waals surface area contributed by atoms with Crippen LogP contribution in [0.1, 0.15) is 30.6 Å². The highest BCUT2D eigenvalue weighted by molar-refractivity contribution is 6.16. The molecule has 3 heterocycles. The third kappa shape index (κ3) is 2.24. The monoisotopic (exact) mass is 298 g/mol. The Morgan fingerprint density at radius 3 is 2.82 bits per heavy atom. The van der Waals surface area contributed by atoms with Gasteiger partial charge in [0.05, 0.1) is 11.7 Å². The van der Waals surface area contributed by atoms with Crippen molar-refractivity contribution in [3.63, 3.8) is 0 Å². The van der Waals surface area contributed by atoms with Crippen molar-refractivity contribution in [2.75, 3.05) is 5.73 Å². The smallest absolute Gasteiger partial charge is 0.192 e. The lowest BCUT2D eigenvalue weighted by molar-refractivity contribution is 0.103. The molecule has 0 saturated heterocycles. The first-order chi connectivity index (χ1) is 10.5. The number of aromatic nitrogens is 1. The summed E-state index contributed by atoms with van der Waals surface area (Å²) >= 11 is 0. The summed E-state index contributed by atoms with van der Waals surface area (Å²) in [4.78, 5) is 20.8. The molecule has 0 aliphatic carbocycles. The average molecular weight is 298 g/mol. The number of hydrazone groups is 1. The number of carbonyl (C=O) groups excluding carboxylic acids is 1. The van der Waals surface area contributed by atoms with Crippen LogP contribution < -0.4 is 11.5 Å². The molecule has 4 N–H and O–H groups in total. The zero-order chi connectivity index (χ0) is 15.9. The Morgan fingerprint density at radius 2 is 2.14 bits per heavy atom. The fraction of sp³-hybridized carbons (Fsp3) is 0.333. The number of hydrogen-bond acceptors (Lipinski definition) is 7. The lowest BCUT2D eigenvalue weighted by atomic mass is 9.95. The molecule has 0 saturated carbocycles. The van der Waals surface area contributed by atoms with Crippen LogP contribution in [0.25, 0.3) is 0 Å². The number of nitrogens with zero attached hydrogens (tertiary/aromatic N) is 4. The highest BCUT2D eigenvalue weighted by Crippen LogP contribution is 2.36. The van der Waals surface area contributed by atoms with Crippen molar-refractivity contribution in [1.29, 1.82) is 0 Å². The summed E-state index contributed by atoms with van der Waals surface area (Å²) in [6.45, 7) is 4.18. The van der Waals surface area contributed by atoms with Crippen molar-refractivity contribution < 1.29 is 4.79 Å². The average Bonchev–Trinajstić information content (AvgIpc) is 2.87. The highest BCUT2D eigenvalue weighted by Gasteiger charge is 2.39. The third-order valence-electron chi connectivity index (χ3n) is 3.92. The molecule has 1 atom stereocenters. The van der Waals surface area contributed by atoms with Gasteiger partial charge in [0, 0.05) is 30.0 Å². The molecule has 2 aliphatic rings. The molecule has 0 fully saturated rings. The van der Waals surface area contributed by atoms with E-state index >= 15 is 0 Å².